The number of ether oxygens (including phenoxy) is 1. The summed E-state index contributed by atoms with van der Waals surface area (Å²) >= 11 is 0. The van der Waals surface area contributed by atoms with E-state index in [0.29, 0.717) is 6.42 Å². The molecule has 0 radical (unpaired) electrons. The lowest BCUT2D eigenvalue weighted by Gasteiger charge is -2.19. The van der Waals surface area contributed by atoms with Crippen LogP contribution in [0.2, 0.25) is 0 Å². The molecule has 110 valence electrons. The lowest BCUT2D eigenvalue weighted by Crippen LogP contribution is -2.19. The molecule has 2 rings (SSSR count). The quantitative estimate of drug-likeness (QED) is 0.528. The number of carbonyl (C=O) groups is 1. The molecule has 0 saturated heterocycles. The zero-order valence-electron chi connectivity index (χ0n) is 12.0. The third kappa shape index (κ3) is 3.87. The molecule has 0 spiro atoms. The van der Waals surface area contributed by atoms with Gasteiger partial charge < -0.3 is 21.1 Å². The first kappa shape index (κ1) is 14.7. The number of amides is 1. The van der Waals surface area contributed by atoms with Crippen molar-refractivity contribution in [3.63, 3.8) is 0 Å². The Labute approximate surface area is 119 Å². The van der Waals surface area contributed by atoms with Crippen LogP contribution in [-0.4, -0.2) is 25.7 Å². The second kappa shape index (κ2) is 7.14. The van der Waals surface area contributed by atoms with Gasteiger partial charge in [-0.25, -0.2) is 0 Å². The summed E-state index contributed by atoms with van der Waals surface area (Å²) < 4.78 is 5.43. The molecule has 4 N–H and O–H groups in total. The Balaban J connectivity index is 1.88. The molecule has 1 aromatic carbocycles. The fourth-order valence-corrected chi connectivity index (χ4v) is 2.24. The Bertz CT molecular complexity index is 474. The first-order valence-corrected chi connectivity index (χ1v) is 7.24. The largest absolute Gasteiger partial charge is 0.397 e. The van der Waals surface area contributed by atoms with Crippen LogP contribution >= 0.6 is 0 Å². The van der Waals surface area contributed by atoms with Crippen LogP contribution in [0.1, 0.15) is 31.7 Å². The van der Waals surface area contributed by atoms with Crippen LogP contribution in [0.5, 0.6) is 0 Å². The minimum Gasteiger partial charge on any atom is -0.397 e. The zero-order chi connectivity index (χ0) is 14.4. The molecule has 5 heteroatoms. The van der Waals surface area contributed by atoms with Crippen molar-refractivity contribution in [2.75, 3.05) is 36.1 Å². The van der Waals surface area contributed by atoms with Crippen LogP contribution in [0.25, 0.3) is 0 Å². The molecular formula is C15H23N3O2. The van der Waals surface area contributed by atoms with E-state index in [9.17, 15) is 4.79 Å². The van der Waals surface area contributed by atoms with Gasteiger partial charge >= 0.3 is 0 Å². The molecule has 0 bridgehead atoms. The summed E-state index contributed by atoms with van der Waals surface area (Å²) in [6, 6.07) is 3.87. The molecule has 1 aliphatic heterocycles. The Hall–Kier alpha value is -1.75. The average Bonchev–Trinajstić information content (AvgIpc) is 2.43. The third-order valence-electron chi connectivity index (χ3n) is 3.30. The number of benzene rings is 1. The van der Waals surface area contributed by atoms with E-state index in [4.69, 9.17) is 10.5 Å². The maximum absolute atomic E-state index is 11.4. The minimum atomic E-state index is 0.0705. The number of nitrogen functional groups attached to an aromatic ring is 1. The van der Waals surface area contributed by atoms with Gasteiger partial charge in [0.2, 0.25) is 5.91 Å². The number of hydrogen-bond donors (Lipinski definition) is 3. The van der Waals surface area contributed by atoms with E-state index in [1.54, 1.807) is 0 Å². The molecular weight excluding hydrogens is 254 g/mol. The topological polar surface area (TPSA) is 76.4 Å². The summed E-state index contributed by atoms with van der Waals surface area (Å²) in [7, 11) is 0. The Morgan fingerprint density at radius 1 is 1.35 bits per heavy atom. The molecule has 0 unspecified atom stereocenters. The molecule has 1 aromatic rings. The second-order valence-corrected chi connectivity index (χ2v) is 5.04. The fourth-order valence-electron chi connectivity index (χ4n) is 2.24. The lowest BCUT2D eigenvalue weighted by atomic mass is 10.0. The summed E-state index contributed by atoms with van der Waals surface area (Å²) in [5.74, 6) is 0.0705. The van der Waals surface area contributed by atoms with Gasteiger partial charge in [-0.05, 0) is 37.0 Å². The first-order valence-electron chi connectivity index (χ1n) is 7.24. The number of nitrogens with one attached hydrogen (secondary N) is 2. The van der Waals surface area contributed by atoms with E-state index in [1.807, 2.05) is 12.1 Å². The van der Waals surface area contributed by atoms with E-state index >= 15 is 0 Å². The predicted octanol–water partition coefficient (Wildman–Crippen LogP) is 2.38. The molecule has 0 aromatic heterocycles. The van der Waals surface area contributed by atoms with Gasteiger partial charge in [0.1, 0.15) is 0 Å². The SMILES string of the molecule is CCCOCCCNc1cc2c(cc1N)CCC(=O)N2. The summed E-state index contributed by atoms with van der Waals surface area (Å²) in [6.45, 7) is 4.47. The molecule has 1 heterocycles. The highest BCUT2D eigenvalue weighted by Gasteiger charge is 2.16. The van der Waals surface area contributed by atoms with Crippen molar-refractivity contribution in [3.05, 3.63) is 17.7 Å². The van der Waals surface area contributed by atoms with Crippen molar-refractivity contribution in [3.8, 4) is 0 Å². The average molecular weight is 277 g/mol. The van der Waals surface area contributed by atoms with E-state index in [2.05, 4.69) is 17.6 Å². The van der Waals surface area contributed by atoms with Crippen molar-refractivity contribution in [1.29, 1.82) is 0 Å². The summed E-state index contributed by atoms with van der Waals surface area (Å²) in [5.41, 5.74) is 9.63. The number of carbonyl (C=O) groups excluding carboxylic acids is 1. The molecule has 5 nitrogen and oxygen atoms in total. The number of rotatable bonds is 7. The number of anilines is 3. The highest BCUT2D eigenvalue weighted by molar-refractivity contribution is 5.95. The van der Waals surface area contributed by atoms with Crippen molar-refractivity contribution >= 4 is 23.0 Å². The number of hydrogen-bond acceptors (Lipinski definition) is 4. The standard InChI is InChI=1S/C15H23N3O2/c1-2-7-20-8-3-6-17-14-10-13-11(9-12(14)16)4-5-15(19)18-13/h9-10,17H,2-8,16H2,1H3,(H,18,19). The molecule has 0 aliphatic carbocycles. The van der Waals surface area contributed by atoms with Gasteiger partial charge in [-0.3, -0.25) is 4.79 Å². The molecule has 20 heavy (non-hydrogen) atoms. The van der Waals surface area contributed by atoms with Crippen LogP contribution in [0.15, 0.2) is 12.1 Å². The van der Waals surface area contributed by atoms with Gasteiger partial charge in [0.05, 0.1) is 11.4 Å². The van der Waals surface area contributed by atoms with Gasteiger partial charge in [-0.1, -0.05) is 6.92 Å². The number of fused-ring (bicyclic) bond motifs is 1. The summed E-state index contributed by atoms with van der Waals surface area (Å²) in [6.07, 6.45) is 3.28. The minimum absolute atomic E-state index is 0.0705. The molecule has 0 atom stereocenters. The van der Waals surface area contributed by atoms with Crippen LogP contribution in [0, 0.1) is 0 Å². The smallest absolute Gasteiger partial charge is 0.224 e. The van der Waals surface area contributed by atoms with Gasteiger partial charge in [-0.2, -0.15) is 0 Å². The summed E-state index contributed by atoms with van der Waals surface area (Å²) in [5, 5.41) is 6.19. The normalized spacial score (nSPS) is 13.8. The molecule has 1 amide bonds. The maximum Gasteiger partial charge on any atom is 0.224 e. The van der Waals surface area contributed by atoms with Crippen LogP contribution in [0.3, 0.4) is 0 Å². The van der Waals surface area contributed by atoms with Crippen LogP contribution in [0.4, 0.5) is 17.1 Å². The Kier molecular flexibility index (Phi) is 5.24. The molecule has 0 fully saturated rings. The van der Waals surface area contributed by atoms with Gasteiger partial charge in [-0.15, -0.1) is 0 Å². The van der Waals surface area contributed by atoms with E-state index in [-0.39, 0.29) is 5.91 Å². The van der Waals surface area contributed by atoms with E-state index < -0.39 is 0 Å². The number of aryl methyl sites for hydroxylation is 1. The molecule has 0 saturated carbocycles. The lowest BCUT2D eigenvalue weighted by molar-refractivity contribution is -0.116. The highest BCUT2D eigenvalue weighted by Crippen LogP contribution is 2.30. The van der Waals surface area contributed by atoms with E-state index in [0.717, 1.165) is 61.6 Å². The van der Waals surface area contributed by atoms with Crippen molar-refractivity contribution < 1.29 is 9.53 Å². The fraction of sp³-hybridized carbons (Fsp3) is 0.533. The van der Waals surface area contributed by atoms with Crippen LogP contribution < -0.4 is 16.4 Å². The highest BCUT2D eigenvalue weighted by atomic mass is 16.5. The second-order valence-electron chi connectivity index (χ2n) is 5.04. The monoisotopic (exact) mass is 277 g/mol. The number of nitrogens with two attached hydrogens (primary N) is 1. The Morgan fingerprint density at radius 2 is 2.20 bits per heavy atom. The van der Waals surface area contributed by atoms with Crippen molar-refractivity contribution in [1.82, 2.24) is 0 Å². The van der Waals surface area contributed by atoms with Gasteiger partial charge in [0.25, 0.3) is 0 Å². The van der Waals surface area contributed by atoms with E-state index in [1.165, 1.54) is 0 Å². The zero-order valence-corrected chi connectivity index (χ0v) is 12.0. The van der Waals surface area contributed by atoms with Crippen molar-refractivity contribution in [2.24, 2.45) is 0 Å². The van der Waals surface area contributed by atoms with Gasteiger partial charge in [0, 0.05) is 31.9 Å². The van der Waals surface area contributed by atoms with Crippen LogP contribution in [-0.2, 0) is 16.0 Å². The maximum atomic E-state index is 11.4. The Morgan fingerprint density at radius 3 is 3.00 bits per heavy atom. The first-order chi connectivity index (χ1) is 9.70. The predicted molar refractivity (Wildman–Crippen MR) is 82.0 cm³/mol. The molecule has 1 aliphatic rings. The third-order valence-corrected chi connectivity index (χ3v) is 3.30. The summed E-state index contributed by atoms with van der Waals surface area (Å²) in [4.78, 5) is 11.4. The van der Waals surface area contributed by atoms with Gasteiger partial charge in [0.15, 0.2) is 0 Å². The van der Waals surface area contributed by atoms with Crippen molar-refractivity contribution in [2.45, 2.75) is 32.6 Å².